The molecule has 0 atom stereocenters. The minimum Gasteiger partial charge on any atom is -0.369 e. The molecule has 0 unspecified atom stereocenters. The minimum absolute atomic E-state index is 0.681. The van der Waals surface area contributed by atoms with E-state index in [-0.39, 0.29) is 0 Å². The fraction of sp³-hybridized carbons (Fsp3) is 0.615. The van der Waals surface area contributed by atoms with Gasteiger partial charge in [0.25, 0.3) is 0 Å². The van der Waals surface area contributed by atoms with Gasteiger partial charge >= 0.3 is 0 Å². The maximum atomic E-state index is 5.78. The molecular weight excluding hydrogens is 234 g/mol. The summed E-state index contributed by atoms with van der Waals surface area (Å²) in [7, 11) is 0. The highest BCUT2D eigenvalue weighted by Crippen LogP contribution is 2.15. The molecule has 2 heterocycles. The first-order chi connectivity index (χ1) is 8.24. The first-order valence-corrected chi connectivity index (χ1v) is 6.69. The fourth-order valence-corrected chi connectivity index (χ4v) is 2.22. The fourth-order valence-electron chi connectivity index (χ4n) is 2.11. The number of aromatic nitrogens is 1. The number of likely N-dealkylation sites (tertiary alicyclic amines) is 1. The number of nitrogens with zero attached hydrogens (tertiary/aromatic N) is 2. The van der Waals surface area contributed by atoms with E-state index in [1.54, 1.807) is 6.20 Å². The van der Waals surface area contributed by atoms with E-state index in [2.05, 4.69) is 22.1 Å². The van der Waals surface area contributed by atoms with Gasteiger partial charge in [-0.3, -0.25) is 0 Å². The van der Waals surface area contributed by atoms with Crippen molar-refractivity contribution in [2.45, 2.75) is 19.8 Å². The van der Waals surface area contributed by atoms with Crippen LogP contribution in [-0.2, 0) is 0 Å². The molecule has 0 saturated carbocycles. The Bertz CT molecular complexity index is 331. The Labute approximate surface area is 108 Å². The van der Waals surface area contributed by atoms with Crippen molar-refractivity contribution >= 4 is 17.4 Å². The Hall–Kier alpha value is -0.800. The summed E-state index contributed by atoms with van der Waals surface area (Å²) in [4.78, 5) is 6.73. The molecule has 17 heavy (non-hydrogen) atoms. The zero-order valence-electron chi connectivity index (χ0n) is 10.3. The predicted molar refractivity (Wildman–Crippen MR) is 72.6 cm³/mol. The molecule has 1 aromatic rings. The van der Waals surface area contributed by atoms with Crippen molar-refractivity contribution in [2.24, 2.45) is 5.92 Å². The molecular formula is C13H20ClN3. The SMILES string of the molecule is CC1CCN(CCNc2ccc(Cl)cn2)CC1. The standard InChI is InChI=1S/C13H20ClN3/c1-11-4-7-17(8-5-11)9-6-15-13-3-2-12(14)10-16-13/h2-3,10-11H,4-9H2,1H3,(H,15,16). The van der Waals surface area contributed by atoms with E-state index in [0.29, 0.717) is 5.02 Å². The van der Waals surface area contributed by atoms with E-state index < -0.39 is 0 Å². The number of halogens is 1. The summed E-state index contributed by atoms with van der Waals surface area (Å²) < 4.78 is 0. The van der Waals surface area contributed by atoms with E-state index >= 15 is 0 Å². The van der Waals surface area contributed by atoms with Crippen LogP contribution in [0.3, 0.4) is 0 Å². The average molecular weight is 254 g/mol. The lowest BCUT2D eigenvalue weighted by molar-refractivity contribution is 0.199. The highest BCUT2D eigenvalue weighted by Gasteiger charge is 2.14. The van der Waals surface area contributed by atoms with E-state index in [9.17, 15) is 0 Å². The zero-order valence-corrected chi connectivity index (χ0v) is 11.1. The average Bonchev–Trinajstić information content (AvgIpc) is 2.34. The largest absolute Gasteiger partial charge is 0.369 e. The molecule has 4 heteroatoms. The van der Waals surface area contributed by atoms with Gasteiger partial charge in [-0.25, -0.2) is 4.98 Å². The second-order valence-electron chi connectivity index (χ2n) is 4.81. The van der Waals surface area contributed by atoms with Gasteiger partial charge in [-0.15, -0.1) is 0 Å². The van der Waals surface area contributed by atoms with Crippen LogP contribution in [-0.4, -0.2) is 36.1 Å². The lowest BCUT2D eigenvalue weighted by Gasteiger charge is -2.30. The van der Waals surface area contributed by atoms with E-state index in [4.69, 9.17) is 11.6 Å². The lowest BCUT2D eigenvalue weighted by atomic mass is 9.99. The molecule has 1 fully saturated rings. The molecule has 0 radical (unpaired) electrons. The van der Waals surface area contributed by atoms with Gasteiger partial charge in [0.05, 0.1) is 5.02 Å². The topological polar surface area (TPSA) is 28.2 Å². The van der Waals surface area contributed by atoms with E-state index in [1.807, 2.05) is 12.1 Å². The van der Waals surface area contributed by atoms with Crippen molar-refractivity contribution < 1.29 is 0 Å². The third-order valence-corrected chi connectivity index (χ3v) is 3.56. The van der Waals surface area contributed by atoms with Crippen LogP contribution in [0.2, 0.25) is 5.02 Å². The number of nitrogens with one attached hydrogen (secondary N) is 1. The molecule has 0 bridgehead atoms. The molecule has 0 spiro atoms. The monoisotopic (exact) mass is 253 g/mol. The van der Waals surface area contributed by atoms with Crippen molar-refractivity contribution in [1.82, 2.24) is 9.88 Å². The molecule has 1 aromatic heterocycles. The summed E-state index contributed by atoms with van der Waals surface area (Å²) in [6.45, 7) is 6.85. The molecule has 2 rings (SSSR count). The minimum atomic E-state index is 0.681. The van der Waals surface area contributed by atoms with Gasteiger partial charge in [-0.05, 0) is 44.0 Å². The molecule has 1 aliphatic rings. The van der Waals surface area contributed by atoms with Gasteiger partial charge in [0.2, 0.25) is 0 Å². The molecule has 0 aromatic carbocycles. The number of hydrogen-bond acceptors (Lipinski definition) is 3. The van der Waals surface area contributed by atoms with Crippen LogP contribution in [0.5, 0.6) is 0 Å². The molecule has 0 aliphatic carbocycles. The summed E-state index contributed by atoms with van der Waals surface area (Å²) in [5, 5.41) is 4.00. The van der Waals surface area contributed by atoms with Crippen LogP contribution < -0.4 is 5.32 Å². The van der Waals surface area contributed by atoms with Crippen LogP contribution >= 0.6 is 11.6 Å². The number of anilines is 1. The van der Waals surface area contributed by atoms with Gasteiger partial charge in [-0.2, -0.15) is 0 Å². The highest BCUT2D eigenvalue weighted by atomic mass is 35.5. The Balaban J connectivity index is 1.67. The van der Waals surface area contributed by atoms with Gasteiger partial charge in [0.15, 0.2) is 0 Å². The van der Waals surface area contributed by atoms with Gasteiger partial charge in [0, 0.05) is 19.3 Å². The number of rotatable bonds is 4. The highest BCUT2D eigenvalue weighted by molar-refractivity contribution is 6.30. The van der Waals surface area contributed by atoms with Gasteiger partial charge < -0.3 is 10.2 Å². The second-order valence-corrected chi connectivity index (χ2v) is 5.25. The van der Waals surface area contributed by atoms with Gasteiger partial charge in [0.1, 0.15) is 5.82 Å². The van der Waals surface area contributed by atoms with E-state index in [0.717, 1.165) is 24.8 Å². The maximum absolute atomic E-state index is 5.78. The quantitative estimate of drug-likeness (QED) is 0.895. The lowest BCUT2D eigenvalue weighted by Crippen LogP contribution is -2.36. The maximum Gasteiger partial charge on any atom is 0.126 e. The van der Waals surface area contributed by atoms with Crippen LogP contribution in [0.25, 0.3) is 0 Å². The third-order valence-electron chi connectivity index (χ3n) is 3.34. The predicted octanol–water partition coefficient (Wildman–Crippen LogP) is 2.88. The summed E-state index contributed by atoms with van der Waals surface area (Å²) in [6.07, 6.45) is 4.34. The Morgan fingerprint density at radius 2 is 2.18 bits per heavy atom. The van der Waals surface area contributed by atoms with Crippen molar-refractivity contribution in [2.75, 3.05) is 31.5 Å². The first-order valence-electron chi connectivity index (χ1n) is 6.32. The van der Waals surface area contributed by atoms with Crippen LogP contribution in [0.1, 0.15) is 19.8 Å². The normalized spacial score (nSPS) is 18.2. The summed E-state index contributed by atoms with van der Waals surface area (Å²) in [5.74, 6) is 1.80. The number of piperidine rings is 1. The molecule has 0 amide bonds. The van der Waals surface area contributed by atoms with Crippen molar-refractivity contribution in [3.63, 3.8) is 0 Å². The molecule has 1 aliphatic heterocycles. The molecule has 3 nitrogen and oxygen atoms in total. The van der Waals surface area contributed by atoms with Gasteiger partial charge in [-0.1, -0.05) is 18.5 Å². The molecule has 94 valence electrons. The van der Waals surface area contributed by atoms with Crippen LogP contribution in [0.15, 0.2) is 18.3 Å². The van der Waals surface area contributed by atoms with E-state index in [1.165, 1.54) is 25.9 Å². The van der Waals surface area contributed by atoms with Crippen LogP contribution in [0.4, 0.5) is 5.82 Å². The van der Waals surface area contributed by atoms with Crippen LogP contribution in [0, 0.1) is 5.92 Å². The Morgan fingerprint density at radius 1 is 1.41 bits per heavy atom. The summed E-state index contributed by atoms with van der Waals surface area (Å²) in [5.41, 5.74) is 0. The van der Waals surface area contributed by atoms with Crippen molar-refractivity contribution in [3.8, 4) is 0 Å². The van der Waals surface area contributed by atoms with Crippen molar-refractivity contribution in [3.05, 3.63) is 23.4 Å². The zero-order chi connectivity index (χ0) is 12.1. The molecule has 1 saturated heterocycles. The third kappa shape index (κ3) is 4.17. The number of hydrogen-bond donors (Lipinski definition) is 1. The van der Waals surface area contributed by atoms with Crippen molar-refractivity contribution in [1.29, 1.82) is 0 Å². The Morgan fingerprint density at radius 3 is 2.82 bits per heavy atom. The number of pyridine rings is 1. The smallest absolute Gasteiger partial charge is 0.126 e. The summed E-state index contributed by atoms with van der Waals surface area (Å²) >= 11 is 5.78. The molecule has 1 N–H and O–H groups in total. The summed E-state index contributed by atoms with van der Waals surface area (Å²) in [6, 6.07) is 3.78. The first kappa shape index (κ1) is 12.7. The Kier molecular flexibility index (Phi) is 4.63. The second kappa shape index (κ2) is 6.22.